The van der Waals surface area contributed by atoms with Crippen molar-refractivity contribution in [1.82, 2.24) is 0 Å². The lowest BCUT2D eigenvalue weighted by atomic mass is 10.1. The van der Waals surface area contributed by atoms with Crippen LogP contribution in [-0.2, 0) is 9.84 Å². The second kappa shape index (κ2) is 4.52. The van der Waals surface area contributed by atoms with Crippen LogP contribution in [0.15, 0.2) is 18.2 Å². The van der Waals surface area contributed by atoms with E-state index in [4.69, 9.17) is 5.73 Å². The zero-order chi connectivity index (χ0) is 12.5. The van der Waals surface area contributed by atoms with Crippen molar-refractivity contribution in [1.29, 1.82) is 0 Å². The van der Waals surface area contributed by atoms with Gasteiger partial charge in [0.05, 0.1) is 22.9 Å². The molecule has 94 valence electrons. The Morgan fingerprint density at radius 3 is 2.88 bits per heavy atom. The Morgan fingerprint density at radius 2 is 2.24 bits per heavy atom. The van der Waals surface area contributed by atoms with Gasteiger partial charge in [0.15, 0.2) is 9.84 Å². The molecule has 0 saturated carbocycles. The molecule has 1 unspecified atom stereocenters. The van der Waals surface area contributed by atoms with Crippen LogP contribution in [0.1, 0.15) is 6.42 Å². The Hall–Kier alpha value is -1.30. The minimum Gasteiger partial charge on any atom is -0.395 e. The van der Waals surface area contributed by atoms with Gasteiger partial charge in [-0.2, -0.15) is 0 Å². The molecule has 1 atom stereocenters. The first kappa shape index (κ1) is 12.2. The van der Waals surface area contributed by atoms with E-state index >= 15 is 0 Å². The standard InChI is InChI=1S/C11H15FN2O2S/c12-9-2-1-3-10(11(9)13)14-6-8-4-5-17(15,16)7-8/h1-3,8,14H,4-7,13H2. The number of benzene rings is 1. The van der Waals surface area contributed by atoms with Crippen molar-refractivity contribution in [3.63, 3.8) is 0 Å². The Bertz CT molecular complexity index is 516. The molecule has 0 spiro atoms. The van der Waals surface area contributed by atoms with Crippen LogP contribution in [0.3, 0.4) is 0 Å². The molecule has 1 aliphatic heterocycles. The fraction of sp³-hybridized carbons (Fsp3) is 0.455. The minimum absolute atomic E-state index is 0.0772. The van der Waals surface area contributed by atoms with Gasteiger partial charge in [0.1, 0.15) is 5.82 Å². The molecule has 17 heavy (non-hydrogen) atoms. The molecule has 0 amide bonds. The summed E-state index contributed by atoms with van der Waals surface area (Å²) in [7, 11) is -2.86. The highest BCUT2D eigenvalue weighted by Gasteiger charge is 2.27. The number of rotatable bonds is 3. The van der Waals surface area contributed by atoms with Gasteiger partial charge < -0.3 is 11.1 Å². The van der Waals surface area contributed by atoms with Crippen LogP contribution in [0.2, 0.25) is 0 Å². The second-order valence-corrected chi connectivity index (χ2v) is 6.58. The highest BCUT2D eigenvalue weighted by Crippen LogP contribution is 2.23. The topological polar surface area (TPSA) is 72.2 Å². The number of hydrogen-bond donors (Lipinski definition) is 2. The molecule has 0 bridgehead atoms. The van der Waals surface area contributed by atoms with E-state index in [1.54, 1.807) is 12.1 Å². The molecule has 1 saturated heterocycles. The quantitative estimate of drug-likeness (QED) is 0.800. The van der Waals surface area contributed by atoms with E-state index in [1.807, 2.05) is 0 Å². The molecule has 0 aromatic heterocycles. The summed E-state index contributed by atoms with van der Waals surface area (Å²) < 4.78 is 35.7. The molecule has 0 radical (unpaired) electrons. The van der Waals surface area contributed by atoms with E-state index in [0.717, 1.165) is 0 Å². The largest absolute Gasteiger partial charge is 0.395 e. The fourth-order valence-electron chi connectivity index (χ4n) is 1.98. The van der Waals surface area contributed by atoms with Gasteiger partial charge >= 0.3 is 0 Å². The molecule has 1 aromatic rings. The van der Waals surface area contributed by atoms with E-state index in [-0.39, 0.29) is 23.1 Å². The molecule has 1 aromatic carbocycles. The number of halogens is 1. The predicted molar refractivity (Wildman–Crippen MR) is 66.1 cm³/mol. The lowest BCUT2D eigenvalue weighted by molar-refractivity contribution is 0.595. The average Bonchev–Trinajstić information content (AvgIpc) is 2.61. The van der Waals surface area contributed by atoms with Crippen molar-refractivity contribution in [2.45, 2.75) is 6.42 Å². The Morgan fingerprint density at radius 1 is 1.47 bits per heavy atom. The Kier molecular flexibility index (Phi) is 3.24. The predicted octanol–water partition coefficient (Wildman–Crippen LogP) is 1.25. The zero-order valence-corrected chi connectivity index (χ0v) is 10.1. The summed E-state index contributed by atoms with van der Waals surface area (Å²) in [5, 5.41) is 3.00. The molecule has 3 N–H and O–H groups in total. The maximum absolute atomic E-state index is 13.1. The minimum atomic E-state index is -2.86. The summed E-state index contributed by atoms with van der Waals surface area (Å²) in [4.78, 5) is 0. The first-order chi connectivity index (χ1) is 7.98. The smallest absolute Gasteiger partial charge is 0.150 e. The van der Waals surface area contributed by atoms with Crippen LogP contribution in [0, 0.1) is 11.7 Å². The normalized spacial score (nSPS) is 22.5. The summed E-state index contributed by atoms with van der Waals surface area (Å²) in [6.45, 7) is 0.507. The summed E-state index contributed by atoms with van der Waals surface area (Å²) in [6.07, 6.45) is 0.657. The number of hydrogen-bond acceptors (Lipinski definition) is 4. The van der Waals surface area contributed by atoms with E-state index in [2.05, 4.69) is 5.32 Å². The van der Waals surface area contributed by atoms with Crippen LogP contribution in [0.5, 0.6) is 0 Å². The average molecular weight is 258 g/mol. The van der Waals surface area contributed by atoms with Crippen molar-refractivity contribution in [3.8, 4) is 0 Å². The van der Waals surface area contributed by atoms with Gasteiger partial charge in [0, 0.05) is 6.54 Å². The van der Waals surface area contributed by atoms with E-state index in [1.165, 1.54) is 6.07 Å². The molecular weight excluding hydrogens is 243 g/mol. The van der Waals surface area contributed by atoms with Crippen molar-refractivity contribution >= 4 is 21.2 Å². The van der Waals surface area contributed by atoms with Crippen LogP contribution in [-0.4, -0.2) is 26.5 Å². The summed E-state index contributed by atoms with van der Waals surface area (Å²) in [5.74, 6) is 0.0735. The van der Waals surface area contributed by atoms with Crippen molar-refractivity contribution in [3.05, 3.63) is 24.0 Å². The van der Waals surface area contributed by atoms with Crippen molar-refractivity contribution in [2.75, 3.05) is 29.1 Å². The van der Waals surface area contributed by atoms with Gasteiger partial charge in [-0.1, -0.05) is 6.07 Å². The number of nitrogens with two attached hydrogens (primary N) is 1. The molecule has 2 rings (SSSR count). The molecule has 1 fully saturated rings. The third-order valence-electron chi connectivity index (χ3n) is 2.96. The lowest BCUT2D eigenvalue weighted by Crippen LogP contribution is -2.16. The van der Waals surface area contributed by atoms with Gasteiger partial charge in [-0.3, -0.25) is 0 Å². The SMILES string of the molecule is Nc1c(F)cccc1NCC1CCS(=O)(=O)C1. The van der Waals surface area contributed by atoms with E-state index in [0.29, 0.717) is 18.7 Å². The van der Waals surface area contributed by atoms with Gasteiger partial charge in [-0.05, 0) is 24.5 Å². The Balaban J connectivity index is 1.97. The van der Waals surface area contributed by atoms with Crippen molar-refractivity contribution < 1.29 is 12.8 Å². The highest BCUT2D eigenvalue weighted by atomic mass is 32.2. The van der Waals surface area contributed by atoms with Gasteiger partial charge in [0.25, 0.3) is 0 Å². The third kappa shape index (κ3) is 2.88. The number of para-hydroxylation sites is 1. The fourth-order valence-corrected chi connectivity index (χ4v) is 3.84. The van der Waals surface area contributed by atoms with Crippen LogP contribution in [0.25, 0.3) is 0 Å². The highest BCUT2D eigenvalue weighted by molar-refractivity contribution is 7.91. The van der Waals surface area contributed by atoms with Crippen molar-refractivity contribution in [2.24, 2.45) is 5.92 Å². The number of sulfone groups is 1. The zero-order valence-electron chi connectivity index (χ0n) is 9.32. The number of nitrogen functional groups attached to an aromatic ring is 1. The molecular formula is C11H15FN2O2S. The first-order valence-corrected chi connectivity index (χ1v) is 7.28. The van der Waals surface area contributed by atoms with Crippen LogP contribution in [0.4, 0.5) is 15.8 Å². The maximum Gasteiger partial charge on any atom is 0.150 e. The molecule has 1 aliphatic rings. The molecule has 4 nitrogen and oxygen atoms in total. The molecule has 6 heteroatoms. The monoisotopic (exact) mass is 258 g/mol. The Labute approximate surface area is 99.9 Å². The van der Waals surface area contributed by atoms with Gasteiger partial charge in [-0.25, -0.2) is 12.8 Å². The van der Waals surface area contributed by atoms with Crippen LogP contribution >= 0.6 is 0 Å². The maximum atomic E-state index is 13.1. The van der Waals surface area contributed by atoms with Gasteiger partial charge in [-0.15, -0.1) is 0 Å². The summed E-state index contributed by atoms with van der Waals surface area (Å²) >= 11 is 0. The summed E-state index contributed by atoms with van der Waals surface area (Å²) in [6, 6.07) is 4.54. The van der Waals surface area contributed by atoms with E-state index < -0.39 is 15.7 Å². The van der Waals surface area contributed by atoms with Gasteiger partial charge in [0.2, 0.25) is 0 Å². The number of nitrogens with one attached hydrogen (secondary N) is 1. The number of anilines is 2. The second-order valence-electron chi connectivity index (χ2n) is 4.35. The molecule has 1 heterocycles. The first-order valence-electron chi connectivity index (χ1n) is 5.46. The third-order valence-corrected chi connectivity index (χ3v) is 4.80. The van der Waals surface area contributed by atoms with E-state index in [9.17, 15) is 12.8 Å². The molecule has 0 aliphatic carbocycles. The lowest BCUT2D eigenvalue weighted by Gasteiger charge is -2.12. The van der Waals surface area contributed by atoms with Crippen LogP contribution < -0.4 is 11.1 Å². The summed E-state index contributed by atoms with van der Waals surface area (Å²) in [5.41, 5.74) is 6.16.